The van der Waals surface area contributed by atoms with Crippen LogP contribution in [0.1, 0.15) is 34.1 Å². The average Bonchev–Trinajstić information content (AvgIpc) is 3.01. The van der Waals surface area contributed by atoms with Gasteiger partial charge in [0.25, 0.3) is 0 Å². The van der Waals surface area contributed by atoms with Gasteiger partial charge in [-0.15, -0.1) is 0 Å². The van der Waals surface area contributed by atoms with Gasteiger partial charge in [0.05, 0.1) is 40.3 Å². The first kappa shape index (κ1) is 30.4. The second kappa shape index (κ2) is 13.4. The molecule has 0 radical (unpaired) electrons. The van der Waals surface area contributed by atoms with Gasteiger partial charge in [-0.25, -0.2) is 17.6 Å². The Kier molecular flexibility index (Phi) is 9.72. The van der Waals surface area contributed by atoms with Gasteiger partial charge >= 0.3 is 0 Å². The standard InChI is InChI=1S/C33H30F4O5/c1-39-21-7-11-31(41-3)23(17-21)25(13-19-5-9-27(34)29(36)15-19)33(38)26(14-20-6-10-28(35)30(37)16-20)24-18-22(40-2)8-12-32(24)42-4/h5-12,15-18,25-26H,13-14H2,1-4H3. The van der Waals surface area contributed by atoms with Crippen LogP contribution >= 0.6 is 0 Å². The number of ether oxygens (including phenoxy) is 4. The average molecular weight is 583 g/mol. The van der Waals surface area contributed by atoms with Crippen LogP contribution in [0.3, 0.4) is 0 Å². The molecule has 42 heavy (non-hydrogen) atoms. The first-order valence-electron chi connectivity index (χ1n) is 13.0. The summed E-state index contributed by atoms with van der Waals surface area (Å²) in [6.07, 6.45) is -0.0553. The second-order valence-corrected chi connectivity index (χ2v) is 9.63. The Balaban J connectivity index is 1.92. The summed E-state index contributed by atoms with van der Waals surface area (Å²) in [6.45, 7) is 0. The van der Waals surface area contributed by atoms with Crippen molar-refractivity contribution in [3.8, 4) is 23.0 Å². The number of rotatable bonds is 12. The number of hydrogen-bond donors (Lipinski definition) is 0. The number of benzene rings is 4. The molecule has 0 aromatic heterocycles. The van der Waals surface area contributed by atoms with Crippen LogP contribution in [0, 0.1) is 23.3 Å². The smallest absolute Gasteiger partial charge is 0.159 e. The van der Waals surface area contributed by atoms with Crippen molar-refractivity contribution in [1.82, 2.24) is 0 Å². The van der Waals surface area contributed by atoms with Crippen LogP contribution in [0.25, 0.3) is 0 Å². The summed E-state index contributed by atoms with van der Waals surface area (Å²) in [6, 6.07) is 16.8. The van der Waals surface area contributed by atoms with Gasteiger partial charge in [0.15, 0.2) is 23.3 Å². The molecule has 220 valence electrons. The van der Waals surface area contributed by atoms with Crippen LogP contribution in [-0.2, 0) is 17.6 Å². The fraction of sp³-hybridized carbons (Fsp3) is 0.242. The molecule has 0 N–H and O–H groups in total. The van der Waals surface area contributed by atoms with Crippen LogP contribution in [0.15, 0.2) is 72.8 Å². The molecule has 0 spiro atoms. The van der Waals surface area contributed by atoms with Gasteiger partial charge in [-0.3, -0.25) is 4.79 Å². The van der Waals surface area contributed by atoms with Gasteiger partial charge in [-0.1, -0.05) is 12.1 Å². The first-order valence-corrected chi connectivity index (χ1v) is 13.0. The number of halogens is 4. The van der Waals surface area contributed by atoms with Gasteiger partial charge in [-0.2, -0.15) is 0 Å². The minimum absolute atomic E-state index is 0.0277. The van der Waals surface area contributed by atoms with E-state index >= 15 is 0 Å². The van der Waals surface area contributed by atoms with Crippen molar-refractivity contribution in [2.45, 2.75) is 24.7 Å². The molecular weight excluding hydrogens is 552 g/mol. The van der Waals surface area contributed by atoms with E-state index in [0.29, 0.717) is 45.3 Å². The molecule has 9 heteroatoms. The van der Waals surface area contributed by atoms with Crippen LogP contribution in [0.5, 0.6) is 23.0 Å². The molecule has 0 saturated heterocycles. The fourth-order valence-corrected chi connectivity index (χ4v) is 5.00. The predicted molar refractivity (Wildman–Crippen MR) is 150 cm³/mol. The fourth-order valence-electron chi connectivity index (χ4n) is 5.00. The number of hydrogen-bond acceptors (Lipinski definition) is 5. The summed E-state index contributed by atoms with van der Waals surface area (Å²) < 4.78 is 78.1. The third-order valence-corrected chi connectivity index (χ3v) is 7.16. The Bertz CT molecular complexity index is 1460. The van der Waals surface area contributed by atoms with Crippen molar-refractivity contribution in [1.29, 1.82) is 0 Å². The molecule has 0 aliphatic rings. The van der Waals surface area contributed by atoms with Crippen molar-refractivity contribution in [2.75, 3.05) is 28.4 Å². The molecular formula is C33H30F4O5. The maximum atomic E-state index is 14.8. The Morgan fingerprint density at radius 1 is 0.548 bits per heavy atom. The van der Waals surface area contributed by atoms with E-state index in [1.807, 2.05) is 0 Å². The minimum atomic E-state index is -1.05. The van der Waals surface area contributed by atoms with E-state index in [2.05, 4.69) is 0 Å². The quantitative estimate of drug-likeness (QED) is 0.166. The highest BCUT2D eigenvalue weighted by molar-refractivity contribution is 5.93. The number of ketones is 1. The monoisotopic (exact) mass is 582 g/mol. The van der Waals surface area contributed by atoms with Gasteiger partial charge in [0.2, 0.25) is 0 Å². The van der Waals surface area contributed by atoms with Crippen molar-refractivity contribution in [3.63, 3.8) is 0 Å². The third-order valence-electron chi connectivity index (χ3n) is 7.16. The zero-order chi connectivity index (χ0) is 30.4. The molecule has 2 unspecified atom stereocenters. The first-order chi connectivity index (χ1) is 20.2. The SMILES string of the molecule is COc1ccc(OC)c(C(Cc2ccc(F)c(F)c2)C(=O)C(Cc2ccc(F)c(F)c2)c2cc(OC)ccc2OC)c1. The highest BCUT2D eigenvalue weighted by atomic mass is 19.2. The van der Waals surface area contributed by atoms with E-state index in [9.17, 15) is 22.4 Å². The molecule has 4 aromatic carbocycles. The summed E-state index contributed by atoms with van der Waals surface area (Å²) in [5.74, 6) is -4.78. The Labute approximate surface area is 241 Å². The van der Waals surface area contributed by atoms with Crippen LogP contribution in [0.2, 0.25) is 0 Å². The largest absolute Gasteiger partial charge is 0.497 e. The van der Waals surface area contributed by atoms with Crippen molar-refractivity contribution in [3.05, 3.63) is 118 Å². The zero-order valence-electron chi connectivity index (χ0n) is 23.6. The molecule has 4 aromatic rings. The molecule has 0 fully saturated rings. The van der Waals surface area contributed by atoms with Gasteiger partial charge < -0.3 is 18.9 Å². The maximum Gasteiger partial charge on any atom is 0.159 e. The maximum absolute atomic E-state index is 14.8. The summed E-state index contributed by atoms with van der Waals surface area (Å²) >= 11 is 0. The summed E-state index contributed by atoms with van der Waals surface area (Å²) in [4.78, 5) is 14.8. The lowest BCUT2D eigenvalue weighted by molar-refractivity contribution is -0.122. The number of carbonyl (C=O) groups is 1. The van der Waals surface area contributed by atoms with E-state index < -0.39 is 35.1 Å². The third kappa shape index (κ3) is 6.67. The van der Waals surface area contributed by atoms with E-state index in [1.165, 1.54) is 40.6 Å². The number of methoxy groups -OCH3 is 4. The second-order valence-electron chi connectivity index (χ2n) is 9.63. The van der Waals surface area contributed by atoms with Gasteiger partial charge in [0.1, 0.15) is 28.8 Å². The van der Waals surface area contributed by atoms with E-state index in [0.717, 1.165) is 24.3 Å². The molecule has 0 heterocycles. The molecule has 0 amide bonds. The van der Waals surface area contributed by atoms with E-state index in [-0.39, 0.29) is 18.6 Å². The zero-order valence-corrected chi connectivity index (χ0v) is 23.6. The molecule has 5 nitrogen and oxygen atoms in total. The normalized spacial score (nSPS) is 12.4. The van der Waals surface area contributed by atoms with Crippen molar-refractivity contribution < 1.29 is 41.3 Å². The molecule has 0 aliphatic carbocycles. The number of Topliss-reactive ketones (excluding diaryl/α,β-unsaturated/α-hetero) is 1. The topological polar surface area (TPSA) is 54.0 Å². The molecule has 0 bridgehead atoms. The lowest BCUT2D eigenvalue weighted by Crippen LogP contribution is -2.25. The van der Waals surface area contributed by atoms with Crippen LogP contribution in [0.4, 0.5) is 17.6 Å². The Hall–Kier alpha value is -4.53. The summed E-state index contributed by atoms with van der Waals surface area (Å²) in [7, 11) is 5.86. The van der Waals surface area contributed by atoms with Gasteiger partial charge in [0, 0.05) is 11.1 Å². The highest BCUT2D eigenvalue weighted by Crippen LogP contribution is 2.41. The molecule has 4 rings (SSSR count). The lowest BCUT2D eigenvalue weighted by atomic mass is 9.77. The summed E-state index contributed by atoms with van der Waals surface area (Å²) in [5, 5.41) is 0. The highest BCUT2D eigenvalue weighted by Gasteiger charge is 2.34. The lowest BCUT2D eigenvalue weighted by Gasteiger charge is -2.26. The predicted octanol–water partition coefficient (Wildman–Crippen LogP) is 7.20. The van der Waals surface area contributed by atoms with E-state index in [1.54, 1.807) is 36.4 Å². The molecule has 0 saturated carbocycles. The summed E-state index contributed by atoms with van der Waals surface area (Å²) in [5.41, 5.74) is 1.62. The molecule has 2 atom stereocenters. The Morgan fingerprint density at radius 3 is 1.29 bits per heavy atom. The van der Waals surface area contributed by atoms with Crippen LogP contribution < -0.4 is 18.9 Å². The molecule has 0 aliphatic heterocycles. The van der Waals surface area contributed by atoms with Crippen molar-refractivity contribution >= 4 is 5.78 Å². The van der Waals surface area contributed by atoms with E-state index in [4.69, 9.17) is 18.9 Å². The number of carbonyl (C=O) groups excluding carboxylic acids is 1. The Morgan fingerprint density at radius 2 is 0.952 bits per heavy atom. The minimum Gasteiger partial charge on any atom is -0.497 e. The van der Waals surface area contributed by atoms with Crippen molar-refractivity contribution in [2.24, 2.45) is 0 Å². The van der Waals surface area contributed by atoms with Gasteiger partial charge in [-0.05, 0) is 84.6 Å². The van der Waals surface area contributed by atoms with Crippen LogP contribution in [-0.4, -0.2) is 34.2 Å².